The molecule has 0 atom stereocenters. The van der Waals surface area contributed by atoms with E-state index >= 15 is 0 Å². The molecule has 1 radical (unpaired) electrons. The second-order valence-electron chi connectivity index (χ2n) is 2.54. The van der Waals surface area contributed by atoms with Gasteiger partial charge in [-0.3, -0.25) is 0 Å². The average molecular weight is 152 g/mol. The normalized spacial score (nSPS) is 10.4. The number of nitrogens with one attached hydrogen (secondary N) is 1. The van der Waals surface area contributed by atoms with Gasteiger partial charge in [0.2, 0.25) is 0 Å². The maximum absolute atomic E-state index is 5.35. The van der Waals surface area contributed by atoms with Gasteiger partial charge in [0.25, 0.3) is 0 Å². The molecule has 1 N–H and O–H groups in total. The highest BCUT2D eigenvalue weighted by molar-refractivity contribution is 5.04. The molecule has 2 nitrogen and oxygen atoms in total. The first-order valence-corrected chi connectivity index (χ1v) is 3.88. The molecule has 0 aliphatic rings. The predicted octanol–water partition coefficient (Wildman–Crippen LogP) is 1.90. The first-order valence-electron chi connectivity index (χ1n) is 3.88. The fourth-order valence-corrected chi connectivity index (χ4v) is 0.917. The van der Waals surface area contributed by atoms with E-state index < -0.39 is 0 Å². The third-order valence-electron chi connectivity index (χ3n) is 1.45. The van der Waals surface area contributed by atoms with Gasteiger partial charge < -0.3 is 9.73 Å². The van der Waals surface area contributed by atoms with Gasteiger partial charge in [-0.25, -0.2) is 0 Å². The molecule has 0 saturated heterocycles. The van der Waals surface area contributed by atoms with Crippen LogP contribution in [0.15, 0.2) is 16.5 Å². The second-order valence-corrected chi connectivity index (χ2v) is 2.54. The SMILES string of the molecule is [CH2]CCNCc1ccc(C)o1. The van der Waals surface area contributed by atoms with E-state index in [-0.39, 0.29) is 0 Å². The van der Waals surface area contributed by atoms with Crippen LogP contribution in [-0.4, -0.2) is 6.54 Å². The average Bonchev–Trinajstić information content (AvgIpc) is 2.37. The molecule has 11 heavy (non-hydrogen) atoms. The van der Waals surface area contributed by atoms with E-state index in [4.69, 9.17) is 4.42 Å². The van der Waals surface area contributed by atoms with Crippen molar-refractivity contribution in [2.75, 3.05) is 6.54 Å². The fraction of sp³-hybridized carbons (Fsp3) is 0.444. The zero-order valence-electron chi connectivity index (χ0n) is 6.89. The number of rotatable bonds is 4. The van der Waals surface area contributed by atoms with Crippen molar-refractivity contribution in [3.8, 4) is 0 Å². The highest BCUT2D eigenvalue weighted by Gasteiger charge is 1.95. The summed E-state index contributed by atoms with van der Waals surface area (Å²) in [5.41, 5.74) is 0. The summed E-state index contributed by atoms with van der Waals surface area (Å²) in [5, 5.41) is 3.21. The van der Waals surface area contributed by atoms with E-state index in [2.05, 4.69) is 12.2 Å². The Morgan fingerprint density at radius 2 is 2.36 bits per heavy atom. The molecule has 0 amide bonds. The Balaban J connectivity index is 2.27. The monoisotopic (exact) mass is 152 g/mol. The van der Waals surface area contributed by atoms with Crippen LogP contribution in [0.25, 0.3) is 0 Å². The summed E-state index contributed by atoms with van der Waals surface area (Å²) in [5.74, 6) is 1.97. The lowest BCUT2D eigenvalue weighted by atomic mass is 10.4. The number of aryl methyl sites for hydroxylation is 1. The Morgan fingerprint density at radius 1 is 1.55 bits per heavy atom. The van der Waals surface area contributed by atoms with Crippen molar-refractivity contribution in [3.63, 3.8) is 0 Å². The van der Waals surface area contributed by atoms with Crippen molar-refractivity contribution in [2.45, 2.75) is 19.9 Å². The lowest BCUT2D eigenvalue weighted by molar-refractivity contribution is 0.463. The van der Waals surface area contributed by atoms with E-state index in [1.54, 1.807) is 0 Å². The molecule has 0 bridgehead atoms. The van der Waals surface area contributed by atoms with Gasteiger partial charge in [-0.15, -0.1) is 0 Å². The van der Waals surface area contributed by atoms with Crippen LogP contribution in [0.1, 0.15) is 17.9 Å². The first kappa shape index (κ1) is 8.34. The van der Waals surface area contributed by atoms with Crippen molar-refractivity contribution in [3.05, 3.63) is 30.6 Å². The highest BCUT2D eigenvalue weighted by Crippen LogP contribution is 2.04. The van der Waals surface area contributed by atoms with Gasteiger partial charge in [-0.05, 0) is 32.0 Å². The smallest absolute Gasteiger partial charge is 0.117 e. The van der Waals surface area contributed by atoms with Gasteiger partial charge in [-0.1, -0.05) is 6.92 Å². The molecule has 0 spiro atoms. The lowest BCUT2D eigenvalue weighted by Gasteiger charge is -1.97. The molecule has 1 aromatic heterocycles. The van der Waals surface area contributed by atoms with E-state index in [0.29, 0.717) is 0 Å². The zero-order chi connectivity index (χ0) is 8.10. The Morgan fingerprint density at radius 3 is 2.91 bits per heavy atom. The molecular formula is C9H14NO. The summed E-state index contributed by atoms with van der Waals surface area (Å²) in [6, 6.07) is 3.96. The van der Waals surface area contributed by atoms with E-state index in [1.807, 2.05) is 19.1 Å². The summed E-state index contributed by atoms with van der Waals surface area (Å²) in [6.07, 6.45) is 0.916. The van der Waals surface area contributed by atoms with Gasteiger partial charge in [0.1, 0.15) is 11.5 Å². The molecule has 0 aromatic carbocycles. The van der Waals surface area contributed by atoms with Crippen molar-refractivity contribution >= 4 is 0 Å². The quantitative estimate of drug-likeness (QED) is 0.666. The second kappa shape index (κ2) is 4.19. The molecule has 0 aliphatic heterocycles. The minimum absolute atomic E-state index is 0.809. The van der Waals surface area contributed by atoms with Crippen LogP contribution in [0, 0.1) is 13.8 Å². The molecule has 1 rings (SSSR count). The van der Waals surface area contributed by atoms with E-state index in [0.717, 1.165) is 31.0 Å². The van der Waals surface area contributed by atoms with Gasteiger partial charge in [0.15, 0.2) is 0 Å². The molecule has 0 fully saturated rings. The van der Waals surface area contributed by atoms with Gasteiger partial charge in [-0.2, -0.15) is 0 Å². The maximum atomic E-state index is 5.35. The highest BCUT2D eigenvalue weighted by atomic mass is 16.3. The molecule has 0 saturated carbocycles. The van der Waals surface area contributed by atoms with Crippen LogP contribution < -0.4 is 5.32 Å². The third kappa shape index (κ3) is 2.76. The third-order valence-corrected chi connectivity index (χ3v) is 1.45. The summed E-state index contributed by atoms with van der Waals surface area (Å²) in [6.45, 7) is 7.43. The minimum atomic E-state index is 0.809. The standard InChI is InChI=1S/C9H14NO/c1-3-6-10-7-9-5-4-8(2)11-9/h4-5,10H,1,3,6-7H2,2H3. The number of hydrogen-bond donors (Lipinski definition) is 1. The maximum Gasteiger partial charge on any atom is 0.117 e. The van der Waals surface area contributed by atoms with Crippen molar-refractivity contribution in [2.24, 2.45) is 0 Å². The largest absolute Gasteiger partial charge is 0.465 e. The van der Waals surface area contributed by atoms with Crippen LogP contribution in [-0.2, 0) is 6.54 Å². The topological polar surface area (TPSA) is 25.2 Å². The van der Waals surface area contributed by atoms with Crippen LogP contribution in [0.5, 0.6) is 0 Å². The van der Waals surface area contributed by atoms with Crippen molar-refractivity contribution in [1.82, 2.24) is 5.32 Å². The molecule has 1 heterocycles. The molecule has 0 unspecified atom stereocenters. The van der Waals surface area contributed by atoms with Gasteiger partial charge in [0, 0.05) is 0 Å². The van der Waals surface area contributed by atoms with E-state index in [1.165, 1.54) is 0 Å². The van der Waals surface area contributed by atoms with Crippen LogP contribution >= 0.6 is 0 Å². The predicted molar refractivity (Wildman–Crippen MR) is 45.1 cm³/mol. The Labute approximate surface area is 67.6 Å². The molecule has 2 heteroatoms. The van der Waals surface area contributed by atoms with Crippen molar-refractivity contribution in [1.29, 1.82) is 0 Å². The number of hydrogen-bond acceptors (Lipinski definition) is 2. The molecule has 1 aromatic rings. The van der Waals surface area contributed by atoms with Crippen LogP contribution in [0.2, 0.25) is 0 Å². The first-order chi connectivity index (χ1) is 5.33. The summed E-state index contributed by atoms with van der Waals surface area (Å²) in [4.78, 5) is 0. The van der Waals surface area contributed by atoms with Crippen LogP contribution in [0.3, 0.4) is 0 Å². The zero-order valence-corrected chi connectivity index (χ0v) is 6.89. The fourth-order valence-electron chi connectivity index (χ4n) is 0.917. The molecular weight excluding hydrogens is 138 g/mol. The molecule has 61 valence electrons. The number of furan rings is 1. The Kier molecular flexibility index (Phi) is 3.17. The summed E-state index contributed by atoms with van der Waals surface area (Å²) in [7, 11) is 0. The van der Waals surface area contributed by atoms with Gasteiger partial charge >= 0.3 is 0 Å². The van der Waals surface area contributed by atoms with Crippen LogP contribution in [0.4, 0.5) is 0 Å². The lowest BCUT2D eigenvalue weighted by Crippen LogP contribution is -2.13. The summed E-state index contributed by atoms with van der Waals surface area (Å²) < 4.78 is 5.35. The van der Waals surface area contributed by atoms with Crippen molar-refractivity contribution < 1.29 is 4.42 Å². The minimum Gasteiger partial charge on any atom is -0.465 e. The molecule has 0 aliphatic carbocycles. The Hall–Kier alpha value is -0.760. The Bertz CT molecular complexity index is 205. The van der Waals surface area contributed by atoms with Gasteiger partial charge in [0.05, 0.1) is 6.54 Å². The summed E-state index contributed by atoms with van der Waals surface area (Å²) >= 11 is 0. The van der Waals surface area contributed by atoms with E-state index in [9.17, 15) is 0 Å².